The number of aliphatic imine (C=N–C) groups is 1. The van der Waals surface area contributed by atoms with Gasteiger partial charge < -0.3 is 4.74 Å². The van der Waals surface area contributed by atoms with E-state index in [-0.39, 0.29) is 0 Å². The highest BCUT2D eigenvalue weighted by Gasteiger charge is 2.05. The monoisotopic (exact) mass is 369 g/mol. The number of ether oxygens (including phenoxy) is 1. The van der Waals surface area contributed by atoms with Crippen LogP contribution in [0.2, 0.25) is 10.0 Å². The van der Waals surface area contributed by atoms with E-state index in [2.05, 4.69) is 4.99 Å². The summed E-state index contributed by atoms with van der Waals surface area (Å²) in [6.45, 7) is 2.45. The number of hydrogen-bond acceptors (Lipinski definition) is 2. The minimum atomic E-state index is 0.424. The fourth-order valence-corrected chi connectivity index (χ4v) is 2.78. The van der Waals surface area contributed by atoms with Crippen LogP contribution in [0.5, 0.6) is 5.75 Å². The first-order valence-electron chi connectivity index (χ1n) is 7.88. The Morgan fingerprint density at radius 2 is 1.72 bits per heavy atom. The molecule has 0 aliphatic heterocycles. The molecule has 2 nitrogen and oxygen atoms in total. The Morgan fingerprint density at radius 3 is 2.52 bits per heavy atom. The van der Waals surface area contributed by atoms with Gasteiger partial charge in [-0.15, -0.1) is 0 Å². The van der Waals surface area contributed by atoms with E-state index in [4.69, 9.17) is 27.9 Å². The van der Waals surface area contributed by atoms with Crippen LogP contribution >= 0.6 is 23.2 Å². The second kappa shape index (κ2) is 8.19. The Bertz CT molecular complexity index is 906. The van der Waals surface area contributed by atoms with Gasteiger partial charge in [0.15, 0.2) is 0 Å². The van der Waals surface area contributed by atoms with E-state index in [1.54, 1.807) is 12.3 Å². The first-order chi connectivity index (χ1) is 12.1. The molecule has 25 heavy (non-hydrogen) atoms. The molecule has 0 N–H and O–H groups in total. The summed E-state index contributed by atoms with van der Waals surface area (Å²) in [5.74, 6) is 0.724. The Kier molecular flexibility index (Phi) is 5.75. The largest absolute Gasteiger partial charge is 0.488 e. The summed E-state index contributed by atoms with van der Waals surface area (Å²) in [6, 6.07) is 21.1. The molecule has 4 heteroatoms. The van der Waals surface area contributed by atoms with Gasteiger partial charge in [0, 0.05) is 21.8 Å². The van der Waals surface area contributed by atoms with E-state index in [0.29, 0.717) is 16.7 Å². The molecule has 0 saturated carbocycles. The van der Waals surface area contributed by atoms with Crippen molar-refractivity contribution in [3.05, 3.63) is 93.5 Å². The number of rotatable bonds is 5. The lowest BCUT2D eigenvalue weighted by molar-refractivity contribution is 0.306. The Balaban J connectivity index is 1.82. The Labute approximate surface area is 157 Å². The van der Waals surface area contributed by atoms with Crippen LogP contribution in [-0.4, -0.2) is 6.21 Å². The van der Waals surface area contributed by atoms with Crippen molar-refractivity contribution in [3.8, 4) is 5.75 Å². The summed E-state index contributed by atoms with van der Waals surface area (Å²) >= 11 is 12.1. The molecule has 0 aromatic heterocycles. The second-order valence-corrected chi connectivity index (χ2v) is 6.52. The van der Waals surface area contributed by atoms with E-state index >= 15 is 0 Å². The molecule has 0 amide bonds. The third-order valence-corrected chi connectivity index (χ3v) is 4.18. The van der Waals surface area contributed by atoms with Gasteiger partial charge in [-0.2, -0.15) is 0 Å². The number of benzene rings is 3. The fourth-order valence-electron chi connectivity index (χ4n) is 2.39. The van der Waals surface area contributed by atoms with Gasteiger partial charge in [-0.05, 0) is 54.4 Å². The first kappa shape index (κ1) is 17.5. The molecule has 3 aromatic carbocycles. The number of halogens is 2. The Morgan fingerprint density at radius 1 is 0.920 bits per heavy atom. The van der Waals surface area contributed by atoms with Crippen molar-refractivity contribution in [2.75, 3.05) is 0 Å². The van der Waals surface area contributed by atoms with Gasteiger partial charge >= 0.3 is 0 Å². The lowest BCUT2D eigenvalue weighted by Gasteiger charge is -2.10. The lowest BCUT2D eigenvalue weighted by atomic mass is 10.2. The fraction of sp³-hybridized carbons (Fsp3) is 0.0952. The lowest BCUT2D eigenvalue weighted by Crippen LogP contribution is -1.98. The Hall–Kier alpha value is -2.29. The number of nitrogens with zero attached hydrogens (tertiary/aromatic N) is 1. The molecule has 0 atom stereocenters. The molecular formula is C21H17Cl2NO. The van der Waals surface area contributed by atoms with E-state index in [0.717, 1.165) is 28.1 Å². The molecule has 0 aliphatic rings. The van der Waals surface area contributed by atoms with Crippen LogP contribution in [0.1, 0.15) is 16.7 Å². The molecule has 0 radical (unpaired) electrons. The van der Waals surface area contributed by atoms with Crippen molar-refractivity contribution >= 4 is 35.1 Å². The van der Waals surface area contributed by atoms with Gasteiger partial charge in [0.1, 0.15) is 12.4 Å². The third kappa shape index (κ3) is 4.85. The van der Waals surface area contributed by atoms with Crippen LogP contribution in [0.4, 0.5) is 5.69 Å². The predicted molar refractivity (Wildman–Crippen MR) is 106 cm³/mol. The van der Waals surface area contributed by atoms with Crippen LogP contribution in [0, 0.1) is 6.92 Å². The molecule has 0 spiro atoms. The highest BCUT2D eigenvalue weighted by Crippen LogP contribution is 2.24. The highest BCUT2D eigenvalue weighted by atomic mass is 35.5. The zero-order chi connectivity index (χ0) is 17.6. The minimum absolute atomic E-state index is 0.424. The van der Waals surface area contributed by atoms with Crippen molar-refractivity contribution in [1.29, 1.82) is 0 Å². The molecule has 126 valence electrons. The van der Waals surface area contributed by atoms with Gasteiger partial charge in [-0.25, -0.2) is 0 Å². The SMILES string of the molecule is Cc1ccccc1N=Cc1cc(Cl)ccc1OCc1cccc(Cl)c1. The van der Waals surface area contributed by atoms with E-state index in [9.17, 15) is 0 Å². The maximum Gasteiger partial charge on any atom is 0.128 e. The van der Waals surface area contributed by atoms with Crippen molar-refractivity contribution in [2.24, 2.45) is 4.99 Å². The number of aryl methyl sites for hydroxylation is 1. The molecule has 0 heterocycles. The summed E-state index contributed by atoms with van der Waals surface area (Å²) in [7, 11) is 0. The molecule has 0 bridgehead atoms. The molecular weight excluding hydrogens is 353 g/mol. The normalized spacial score (nSPS) is 11.0. The van der Waals surface area contributed by atoms with Gasteiger partial charge in [0.2, 0.25) is 0 Å². The van der Waals surface area contributed by atoms with Gasteiger partial charge in [0.05, 0.1) is 5.69 Å². The van der Waals surface area contributed by atoms with Crippen LogP contribution < -0.4 is 4.74 Å². The maximum atomic E-state index is 6.13. The smallest absolute Gasteiger partial charge is 0.128 e. The summed E-state index contributed by atoms with van der Waals surface area (Å²) in [5.41, 5.74) is 3.87. The van der Waals surface area contributed by atoms with E-state index in [1.807, 2.05) is 67.6 Å². The molecule has 0 saturated heterocycles. The van der Waals surface area contributed by atoms with Crippen LogP contribution in [0.3, 0.4) is 0 Å². The van der Waals surface area contributed by atoms with E-state index in [1.165, 1.54) is 0 Å². The molecule has 3 rings (SSSR count). The van der Waals surface area contributed by atoms with Crippen LogP contribution in [0.15, 0.2) is 71.7 Å². The zero-order valence-corrected chi connectivity index (χ0v) is 15.3. The second-order valence-electron chi connectivity index (χ2n) is 5.65. The average molecular weight is 370 g/mol. The quantitative estimate of drug-likeness (QED) is 0.462. The van der Waals surface area contributed by atoms with Crippen molar-refractivity contribution in [1.82, 2.24) is 0 Å². The highest BCUT2D eigenvalue weighted by molar-refractivity contribution is 6.31. The number of para-hydroxylation sites is 1. The van der Waals surface area contributed by atoms with Crippen molar-refractivity contribution in [3.63, 3.8) is 0 Å². The summed E-state index contributed by atoms with van der Waals surface area (Å²) in [5, 5.41) is 1.33. The molecule has 0 fully saturated rings. The van der Waals surface area contributed by atoms with Crippen LogP contribution in [0.25, 0.3) is 0 Å². The molecule has 3 aromatic rings. The van der Waals surface area contributed by atoms with Crippen molar-refractivity contribution in [2.45, 2.75) is 13.5 Å². The number of hydrogen-bond donors (Lipinski definition) is 0. The first-order valence-corrected chi connectivity index (χ1v) is 8.64. The van der Waals surface area contributed by atoms with Gasteiger partial charge in [-0.3, -0.25) is 4.99 Å². The standard InChI is InChI=1S/C21H17Cl2NO/c1-15-5-2-3-8-20(15)24-13-17-12-19(23)9-10-21(17)25-14-16-6-4-7-18(22)11-16/h2-13H,14H2,1H3. The predicted octanol–water partition coefficient (Wildman–Crippen LogP) is 6.63. The maximum absolute atomic E-state index is 6.13. The average Bonchev–Trinajstić information content (AvgIpc) is 2.60. The third-order valence-electron chi connectivity index (χ3n) is 3.71. The van der Waals surface area contributed by atoms with Gasteiger partial charge in [0.25, 0.3) is 0 Å². The summed E-state index contributed by atoms with van der Waals surface area (Å²) in [4.78, 5) is 4.56. The van der Waals surface area contributed by atoms with E-state index < -0.39 is 0 Å². The molecule has 0 unspecified atom stereocenters. The van der Waals surface area contributed by atoms with Gasteiger partial charge in [-0.1, -0.05) is 53.5 Å². The topological polar surface area (TPSA) is 21.6 Å². The minimum Gasteiger partial charge on any atom is -0.488 e. The van der Waals surface area contributed by atoms with Crippen molar-refractivity contribution < 1.29 is 4.74 Å². The summed E-state index contributed by atoms with van der Waals surface area (Å²) < 4.78 is 5.94. The molecule has 0 aliphatic carbocycles. The van der Waals surface area contributed by atoms with Crippen LogP contribution in [-0.2, 0) is 6.61 Å². The zero-order valence-electron chi connectivity index (χ0n) is 13.7. The summed E-state index contributed by atoms with van der Waals surface area (Å²) in [6.07, 6.45) is 1.78.